The van der Waals surface area contributed by atoms with Crippen molar-refractivity contribution in [1.29, 1.82) is 0 Å². The van der Waals surface area contributed by atoms with E-state index in [-0.39, 0.29) is 32.6 Å². The van der Waals surface area contributed by atoms with Gasteiger partial charge >= 0.3 is 19.8 Å². The summed E-state index contributed by atoms with van der Waals surface area (Å²) in [6.45, 7) is 3.64. The zero-order valence-corrected chi connectivity index (χ0v) is 32.5. The lowest BCUT2D eigenvalue weighted by Gasteiger charge is -2.19. The molecule has 0 aliphatic carbocycles. The zero-order valence-electron chi connectivity index (χ0n) is 31.6. The third-order valence-corrected chi connectivity index (χ3v) is 9.72. The highest BCUT2D eigenvalue weighted by atomic mass is 31.2. The molecule has 1 aliphatic heterocycles. The lowest BCUT2D eigenvalue weighted by atomic mass is 10.1. The predicted molar refractivity (Wildman–Crippen MR) is 201 cm³/mol. The molecule has 292 valence electrons. The molecule has 3 unspecified atom stereocenters. The minimum atomic E-state index is -4.38. The van der Waals surface area contributed by atoms with Crippen LogP contribution in [0.15, 0.2) is 24.3 Å². The number of hydrogen-bond donors (Lipinski definition) is 2. The van der Waals surface area contributed by atoms with Crippen LogP contribution in [0, 0.1) is 0 Å². The number of phosphoric acid groups is 1. The minimum absolute atomic E-state index is 0.0483. The number of hydrogen-bond acceptors (Lipinski definition) is 9. The van der Waals surface area contributed by atoms with E-state index in [2.05, 4.69) is 38.2 Å². The number of ether oxygens (including phenoxy) is 3. The van der Waals surface area contributed by atoms with Gasteiger partial charge in [-0.2, -0.15) is 0 Å². The molecule has 0 aromatic carbocycles. The van der Waals surface area contributed by atoms with Gasteiger partial charge in [0.1, 0.15) is 6.61 Å². The van der Waals surface area contributed by atoms with E-state index in [1.165, 1.54) is 57.8 Å². The molecule has 0 saturated carbocycles. The highest BCUT2D eigenvalue weighted by molar-refractivity contribution is 7.47. The maximum atomic E-state index is 12.5. The molecule has 0 aromatic rings. The van der Waals surface area contributed by atoms with Gasteiger partial charge in [0.25, 0.3) is 0 Å². The molecule has 1 heterocycles. The first-order chi connectivity index (χ1) is 24.3. The molecule has 0 spiro atoms. The molecule has 1 saturated heterocycles. The topological polar surface area (TPSA) is 147 Å². The summed E-state index contributed by atoms with van der Waals surface area (Å²) < 4.78 is 38.4. The van der Waals surface area contributed by atoms with Crippen molar-refractivity contribution in [2.75, 3.05) is 26.4 Å². The SMILES string of the molecule is CCCCCC/C=C\CCCCCCCC(=O)O[C@H](COC(=O)CCCCCCC/C=C\CC1OC1CCCCC)COP(=O)(O)OCCN. The van der Waals surface area contributed by atoms with Crippen molar-refractivity contribution in [2.24, 2.45) is 5.73 Å². The molecule has 0 radical (unpaired) electrons. The van der Waals surface area contributed by atoms with Gasteiger partial charge in [0.2, 0.25) is 0 Å². The van der Waals surface area contributed by atoms with Crippen molar-refractivity contribution in [3.63, 3.8) is 0 Å². The molecule has 1 rings (SSSR count). The van der Waals surface area contributed by atoms with Crippen LogP contribution in [0.3, 0.4) is 0 Å². The first kappa shape index (κ1) is 46.5. The summed E-state index contributed by atoms with van der Waals surface area (Å²) in [6.07, 6.45) is 33.7. The van der Waals surface area contributed by atoms with Gasteiger partial charge in [-0.15, -0.1) is 0 Å². The number of epoxide rings is 1. The van der Waals surface area contributed by atoms with Crippen LogP contribution in [-0.2, 0) is 37.4 Å². The van der Waals surface area contributed by atoms with E-state index in [9.17, 15) is 19.0 Å². The van der Waals surface area contributed by atoms with Gasteiger partial charge in [-0.3, -0.25) is 18.6 Å². The molecule has 11 heteroatoms. The monoisotopic (exact) mass is 729 g/mol. The molecule has 1 fully saturated rings. The zero-order chi connectivity index (χ0) is 36.5. The summed E-state index contributed by atoms with van der Waals surface area (Å²) in [7, 11) is -4.38. The predicted octanol–water partition coefficient (Wildman–Crippen LogP) is 9.82. The highest BCUT2D eigenvalue weighted by Crippen LogP contribution is 2.43. The van der Waals surface area contributed by atoms with E-state index in [1.54, 1.807) is 0 Å². The Morgan fingerprint density at radius 1 is 0.700 bits per heavy atom. The lowest BCUT2D eigenvalue weighted by molar-refractivity contribution is -0.161. The standard InChI is InChI=1S/C39H72NO9P/c1-3-5-7-8-9-10-11-12-13-14-19-22-26-30-39(42)48-35(34-47-50(43,44)46-32-31-40)33-45-38(41)29-25-21-18-16-15-17-20-24-28-37-36(49-37)27-23-6-4-2/h10-11,20,24,35-37H,3-9,12-19,21-23,25-34,40H2,1-2H3,(H,43,44)/b11-10-,24-20-/t35-,36?,37?/m1/s1. The maximum Gasteiger partial charge on any atom is 0.472 e. The van der Waals surface area contributed by atoms with Crippen molar-refractivity contribution in [3.05, 3.63) is 24.3 Å². The molecule has 50 heavy (non-hydrogen) atoms. The minimum Gasteiger partial charge on any atom is -0.462 e. The number of nitrogens with two attached hydrogens (primary N) is 1. The molecule has 0 aromatic heterocycles. The summed E-state index contributed by atoms with van der Waals surface area (Å²) in [4.78, 5) is 34.8. The molecule has 10 nitrogen and oxygen atoms in total. The average molecular weight is 730 g/mol. The van der Waals surface area contributed by atoms with Crippen molar-refractivity contribution < 1.29 is 42.3 Å². The fourth-order valence-electron chi connectivity index (χ4n) is 5.63. The first-order valence-corrected chi connectivity index (χ1v) is 21.4. The summed E-state index contributed by atoms with van der Waals surface area (Å²) in [5.41, 5.74) is 5.33. The molecule has 3 N–H and O–H groups in total. The Labute approximate surface area is 304 Å². The van der Waals surface area contributed by atoms with Crippen LogP contribution in [0.1, 0.15) is 168 Å². The van der Waals surface area contributed by atoms with Gasteiger partial charge < -0.3 is 24.8 Å². The van der Waals surface area contributed by atoms with Crippen LogP contribution >= 0.6 is 7.82 Å². The summed E-state index contributed by atoms with van der Waals surface area (Å²) >= 11 is 0. The van der Waals surface area contributed by atoms with E-state index >= 15 is 0 Å². The maximum absolute atomic E-state index is 12.5. The third-order valence-electron chi connectivity index (χ3n) is 8.73. The normalized spacial score (nSPS) is 17.7. The van der Waals surface area contributed by atoms with Crippen molar-refractivity contribution in [1.82, 2.24) is 0 Å². The molecule has 1 aliphatic rings. The van der Waals surface area contributed by atoms with Crippen LogP contribution in [0.25, 0.3) is 0 Å². The summed E-state index contributed by atoms with van der Waals surface area (Å²) in [5, 5.41) is 0. The molecular weight excluding hydrogens is 657 g/mol. The largest absolute Gasteiger partial charge is 0.472 e. The van der Waals surface area contributed by atoms with E-state index in [0.29, 0.717) is 25.0 Å². The number of phosphoric ester groups is 1. The van der Waals surface area contributed by atoms with Crippen LogP contribution in [0.2, 0.25) is 0 Å². The smallest absolute Gasteiger partial charge is 0.462 e. The summed E-state index contributed by atoms with van der Waals surface area (Å²) in [6, 6.07) is 0. The van der Waals surface area contributed by atoms with Crippen LogP contribution < -0.4 is 5.73 Å². The van der Waals surface area contributed by atoms with Crippen LogP contribution in [0.5, 0.6) is 0 Å². The lowest BCUT2D eigenvalue weighted by Crippen LogP contribution is -2.29. The molecule has 4 atom stereocenters. The Hall–Kier alpha value is -1.55. The molecule has 0 bridgehead atoms. The number of carbonyl (C=O) groups is 2. The van der Waals surface area contributed by atoms with Gasteiger partial charge in [0, 0.05) is 19.4 Å². The Balaban J connectivity index is 2.21. The number of allylic oxidation sites excluding steroid dienone is 3. The summed E-state index contributed by atoms with van der Waals surface area (Å²) in [5.74, 6) is -0.860. The van der Waals surface area contributed by atoms with Gasteiger partial charge in [-0.05, 0) is 64.2 Å². The van der Waals surface area contributed by atoms with Crippen molar-refractivity contribution >= 4 is 19.8 Å². The van der Waals surface area contributed by atoms with Crippen molar-refractivity contribution in [3.8, 4) is 0 Å². The fraction of sp³-hybridized carbons (Fsp3) is 0.846. The van der Waals surface area contributed by atoms with E-state index in [1.807, 2.05) is 0 Å². The number of esters is 2. The third kappa shape index (κ3) is 29.1. The van der Waals surface area contributed by atoms with E-state index in [0.717, 1.165) is 70.6 Å². The van der Waals surface area contributed by atoms with Gasteiger partial charge in [0.15, 0.2) is 6.10 Å². The Morgan fingerprint density at radius 3 is 1.86 bits per heavy atom. The van der Waals surface area contributed by atoms with Gasteiger partial charge in [0.05, 0.1) is 25.4 Å². The number of rotatable bonds is 36. The van der Waals surface area contributed by atoms with E-state index in [4.69, 9.17) is 29.0 Å². The Kier molecular flexibility index (Phi) is 29.9. The molecule has 0 amide bonds. The van der Waals surface area contributed by atoms with Crippen molar-refractivity contribution in [2.45, 2.75) is 186 Å². The quantitative estimate of drug-likeness (QED) is 0.0210. The average Bonchev–Trinajstić information content (AvgIpc) is 3.85. The second-order valence-corrected chi connectivity index (χ2v) is 15.0. The van der Waals surface area contributed by atoms with Crippen LogP contribution in [-0.4, -0.2) is 61.5 Å². The van der Waals surface area contributed by atoms with Gasteiger partial charge in [-0.1, -0.05) is 115 Å². The first-order valence-electron chi connectivity index (χ1n) is 19.9. The van der Waals surface area contributed by atoms with Crippen LogP contribution in [0.4, 0.5) is 0 Å². The Bertz CT molecular complexity index is 945. The number of carbonyl (C=O) groups excluding carboxylic acids is 2. The second kappa shape index (κ2) is 32.1. The number of unbranched alkanes of at least 4 members (excludes halogenated alkanes) is 16. The second-order valence-electron chi connectivity index (χ2n) is 13.5. The molecular formula is C39H72NO9P. The fourth-order valence-corrected chi connectivity index (χ4v) is 6.40. The van der Waals surface area contributed by atoms with Gasteiger partial charge in [-0.25, -0.2) is 4.57 Å². The Morgan fingerprint density at radius 2 is 1.24 bits per heavy atom. The van der Waals surface area contributed by atoms with E-state index < -0.39 is 32.5 Å². The highest BCUT2D eigenvalue weighted by Gasteiger charge is 2.36.